The van der Waals surface area contributed by atoms with Crippen LogP contribution in [0.15, 0.2) is 24.3 Å². The Kier molecular flexibility index (Phi) is 6.00. The van der Waals surface area contributed by atoms with Gasteiger partial charge < -0.3 is 13.7 Å². The van der Waals surface area contributed by atoms with Gasteiger partial charge in [-0.25, -0.2) is 0 Å². The molecule has 0 amide bonds. The topological polar surface area (TPSA) is 61.8 Å². The third-order valence-electron chi connectivity index (χ3n) is 4.68. The molecule has 0 radical (unpaired) electrons. The molecule has 2 fully saturated rings. The minimum absolute atomic E-state index is 0.0523. The highest BCUT2D eigenvalue weighted by Gasteiger charge is 2.23. The normalized spacial score (nSPS) is 20.7. The van der Waals surface area contributed by atoms with Gasteiger partial charge in [0.15, 0.2) is 0 Å². The van der Waals surface area contributed by atoms with Crippen molar-refractivity contribution >= 4 is 10.1 Å². The molecular formula is C18H26O5S. The van der Waals surface area contributed by atoms with Crippen molar-refractivity contribution in [1.82, 2.24) is 0 Å². The Hall–Kier alpha value is -1.27. The minimum atomic E-state index is -3.57. The van der Waals surface area contributed by atoms with Crippen LogP contribution in [-0.4, -0.2) is 33.5 Å². The standard InChI is InChI=1S/C18H26O5S/c19-24(20,14-15-10-12-21-13-11-15)23-18-8-6-17(7-9-18)22-16-4-2-1-3-5-16/h6-9,15-16H,1-5,10-14H2. The summed E-state index contributed by atoms with van der Waals surface area (Å²) in [6.45, 7) is 1.26. The molecule has 0 N–H and O–H groups in total. The monoisotopic (exact) mass is 354 g/mol. The SMILES string of the molecule is O=S(=O)(CC1CCOCC1)Oc1ccc(OC2CCCCC2)cc1. The lowest BCUT2D eigenvalue weighted by atomic mass is 9.98. The lowest BCUT2D eigenvalue weighted by molar-refractivity contribution is 0.0720. The summed E-state index contributed by atoms with van der Waals surface area (Å²) < 4.78 is 40.8. The van der Waals surface area contributed by atoms with Crippen LogP contribution in [0.2, 0.25) is 0 Å². The third-order valence-corrected chi connectivity index (χ3v) is 6.01. The largest absolute Gasteiger partial charge is 0.490 e. The molecule has 1 aromatic carbocycles. The molecule has 0 atom stereocenters. The van der Waals surface area contributed by atoms with Crippen molar-refractivity contribution in [2.45, 2.75) is 51.0 Å². The predicted molar refractivity (Wildman–Crippen MR) is 91.9 cm³/mol. The summed E-state index contributed by atoms with van der Waals surface area (Å²) in [6.07, 6.45) is 7.75. The van der Waals surface area contributed by atoms with Crippen LogP contribution in [0.5, 0.6) is 11.5 Å². The second kappa shape index (κ2) is 8.21. The fourth-order valence-electron chi connectivity index (χ4n) is 3.33. The highest BCUT2D eigenvalue weighted by molar-refractivity contribution is 7.87. The molecule has 3 rings (SSSR count). The first-order chi connectivity index (χ1) is 11.6. The van der Waals surface area contributed by atoms with E-state index < -0.39 is 10.1 Å². The van der Waals surface area contributed by atoms with Gasteiger partial charge in [0, 0.05) is 13.2 Å². The zero-order valence-electron chi connectivity index (χ0n) is 14.0. The Morgan fingerprint density at radius 1 is 0.917 bits per heavy atom. The van der Waals surface area contributed by atoms with Gasteiger partial charge in [0.05, 0.1) is 11.9 Å². The molecule has 24 heavy (non-hydrogen) atoms. The quantitative estimate of drug-likeness (QED) is 0.731. The van der Waals surface area contributed by atoms with Crippen LogP contribution in [0.3, 0.4) is 0 Å². The number of benzene rings is 1. The molecule has 134 valence electrons. The van der Waals surface area contributed by atoms with Crippen molar-refractivity contribution in [2.75, 3.05) is 19.0 Å². The average Bonchev–Trinajstić information content (AvgIpc) is 2.58. The highest BCUT2D eigenvalue weighted by atomic mass is 32.2. The minimum Gasteiger partial charge on any atom is -0.490 e. The molecular weight excluding hydrogens is 328 g/mol. The van der Waals surface area contributed by atoms with Crippen molar-refractivity contribution in [1.29, 1.82) is 0 Å². The van der Waals surface area contributed by atoms with Gasteiger partial charge in [-0.1, -0.05) is 6.42 Å². The van der Waals surface area contributed by atoms with E-state index in [1.807, 2.05) is 0 Å². The number of hydrogen-bond donors (Lipinski definition) is 0. The van der Waals surface area contributed by atoms with E-state index >= 15 is 0 Å². The Bertz CT molecular complexity index is 599. The Morgan fingerprint density at radius 3 is 2.21 bits per heavy atom. The molecule has 1 aliphatic heterocycles. The van der Waals surface area contributed by atoms with Gasteiger partial charge in [0.1, 0.15) is 11.5 Å². The molecule has 2 aliphatic rings. The van der Waals surface area contributed by atoms with E-state index in [1.54, 1.807) is 24.3 Å². The van der Waals surface area contributed by atoms with E-state index in [0.29, 0.717) is 19.0 Å². The van der Waals surface area contributed by atoms with E-state index in [2.05, 4.69) is 0 Å². The van der Waals surface area contributed by atoms with Gasteiger partial charge in [0.25, 0.3) is 0 Å². The van der Waals surface area contributed by atoms with Gasteiger partial charge >= 0.3 is 10.1 Å². The molecule has 1 saturated carbocycles. The molecule has 5 nitrogen and oxygen atoms in total. The second-order valence-electron chi connectivity index (χ2n) is 6.71. The first-order valence-electron chi connectivity index (χ1n) is 8.87. The first kappa shape index (κ1) is 17.5. The van der Waals surface area contributed by atoms with E-state index in [1.165, 1.54) is 19.3 Å². The van der Waals surface area contributed by atoms with Crippen molar-refractivity contribution < 1.29 is 22.1 Å². The highest BCUT2D eigenvalue weighted by Crippen LogP contribution is 2.26. The smallest absolute Gasteiger partial charge is 0.309 e. The maximum atomic E-state index is 12.2. The van der Waals surface area contributed by atoms with E-state index in [9.17, 15) is 8.42 Å². The Labute approximate surface area is 144 Å². The number of hydrogen-bond acceptors (Lipinski definition) is 5. The van der Waals surface area contributed by atoms with Gasteiger partial charge in [-0.3, -0.25) is 0 Å². The lowest BCUT2D eigenvalue weighted by Gasteiger charge is -2.23. The van der Waals surface area contributed by atoms with Crippen molar-refractivity contribution in [3.05, 3.63) is 24.3 Å². The Balaban J connectivity index is 1.52. The lowest BCUT2D eigenvalue weighted by Crippen LogP contribution is -2.26. The van der Waals surface area contributed by atoms with Crippen LogP contribution < -0.4 is 8.92 Å². The summed E-state index contributed by atoms with van der Waals surface area (Å²) >= 11 is 0. The summed E-state index contributed by atoms with van der Waals surface area (Å²) in [5.41, 5.74) is 0. The van der Waals surface area contributed by atoms with Crippen LogP contribution in [-0.2, 0) is 14.9 Å². The van der Waals surface area contributed by atoms with Crippen molar-refractivity contribution in [3.63, 3.8) is 0 Å². The molecule has 0 aromatic heterocycles. The molecule has 1 aliphatic carbocycles. The third kappa shape index (κ3) is 5.38. The molecule has 0 unspecified atom stereocenters. The maximum absolute atomic E-state index is 12.2. The number of rotatable bonds is 6. The van der Waals surface area contributed by atoms with Crippen LogP contribution in [0.25, 0.3) is 0 Å². The fraction of sp³-hybridized carbons (Fsp3) is 0.667. The summed E-state index contributed by atoms with van der Waals surface area (Å²) in [4.78, 5) is 0. The predicted octanol–water partition coefficient (Wildman–Crippen LogP) is 3.53. The van der Waals surface area contributed by atoms with Crippen LogP contribution in [0.1, 0.15) is 44.9 Å². The second-order valence-corrected chi connectivity index (χ2v) is 8.33. The molecule has 1 aromatic rings. The van der Waals surface area contributed by atoms with Crippen molar-refractivity contribution in [3.8, 4) is 11.5 Å². The fourth-order valence-corrected chi connectivity index (χ4v) is 4.71. The van der Waals surface area contributed by atoms with Gasteiger partial charge in [-0.15, -0.1) is 0 Å². The summed E-state index contributed by atoms with van der Waals surface area (Å²) in [6, 6.07) is 6.90. The zero-order chi connectivity index (χ0) is 16.8. The van der Waals surface area contributed by atoms with Crippen LogP contribution in [0, 0.1) is 5.92 Å². The van der Waals surface area contributed by atoms with E-state index in [4.69, 9.17) is 13.7 Å². The van der Waals surface area contributed by atoms with Crippen LogP contribution >= 0.6 is 0 Å². The molecule has 1 heterocycles. The molecule has 6 heteroatoms. The van der Waals surface area contributed by atoms with E-state index in [0.717, 1.165) is 31.4 Å². The maximum Gasteiger partial charge on any atom is 0.309 e. The van der Waals surface area contributed by atoms with E-state index in [-0.39, 0.29) is 17.8 Å². The summed E-state index contributed by atoms with van der Waals surface area (Å²) in [5.74, 6) is 1.29. The van der Waals surface area contributed by atoms with Gasteiger partial charge in [0.2, 0.25) is 0 Å². The van der Waals surface area contributed by atoms with Crippen molar-refractivity contribution in [2.24, 2.45) is 5.92 Å². The van der Waals surface area contributed by atoms with Gasteiger partial charge in [-0.2, -0.15) is 8.42 Å². The van der Waals surface area contributed by atoms with Gasteiger partial charge in [-0.05, 0) is 68.7 Å². The first-order valence-corrected chi connectivity index (χ1v) is 10.4. The summed E-state index contributed by atoms with van der Waals surface area (Å²) in [5, 5.41) is 0. The van der Waals surface area contributed by atoms with Crippen LogP contribution in [0.4, 0.5) is 0 Å². The average molecular weight is 354 g/mol. The summed E-state index contributed by atoms with van der Waals surface area (Å²) in [7, 11) is -3.57. The molecule has 1 saturated heterocycles. The Morgan fingerprint density at radius 2 is 1.54 bits per heavy atom. The molecule has 0 spiro atoms. The zero-order valence-corrected chi connectivity index (χ0v) is 14.8. The molecule has 0 bridgehead atoms. The number of ether oxygens (including phenoxy) is 2.